The highest BCUT2D eigenvalue weighted by Gasteiger charge is 2.08. The molecule has 26 heavy (non-hydrogen) atoms. The molecule has 2 aromatic carbocycles. The Bertz CT molecular complexity index is 686. The number of ether oxygens (including phenoxy) is 2. The van der Waals surface area contributed by atoms with Gasteiger partial charge in [0.1, 0.15) is 11.5 Å². The molecule has 5 heteroatoms. The molecule has 0 radical (unpaired) electrons. The van der Waals surface area contributed by atoms with Gasteiger partial charge in [-0.05, 0) is 55.8 Å². The Morgan fingerprint density at radius 3 is 2.46 bits per heavy atom. The second-order valence-electron chi connectivity index (χ2n) is 6.17. The van der Waals surface area contributed by atoms with Gasteiger partial charge in [0, 0.05) is 12.2 Å². The SMILES string of the molecule is CCc1ccccc1NC(=O)CN(C)CCCOc1ccc(OC)cc1. The summed E-state index contributed by atoms with van der Waals surface area (Å²) in [5.74, 6) is 1.64. The molecule has 0 bridgehead atoms. The van der Waals surface area contributed by atoms with Crippen molar-refractivity contribution in [3.63, 3.8) is 0 Å². The molecule has 5 nitrogen and oxygen atoms in total. The number of para-hydroxylation sites is 1. The molecule has 1 N–H and O–H groups in total. The quantitative estimate of drug-likeness (QED) is 0.661. The number of carbonyl (C=O) groups is 1. The number of anilines is 1. The zero-order valence-corrected chi connectivity index (χ0v) is 15.8. The third kappa shape index (κ3) is 6.41. The van der Waals surface area contributed by atoms with Crippen LogP contribution in [0, 0.1) is 0 Å². The summed E-state index contributed by atoms with van der Waals surface area (Å²) < 4.78 is 10.8. The van der Waals surface area contributed by atoms with Crippen LogP contribution in [0.1, 0.15) is 18.9 Å². The summed E-state index contributed by atoms with van der Waals surface area (Å²) in [7, 11) is 3.58. The molecular formula is C21H28N2O3. The van der Waals surface area contributed by atoms with E-state index in [2.05, 4.69) is 12.2 Å². The standard InChI is InChI=1S/C21H28N2O3/c1-4-17-8-5-6-9-20(17)22-21(24)16-23(2)14-7-15-26-19-12-10-18(25-3)11-13-19/h5-6,8-13H,4,7,14-16H2,1-3H3,(H,22,24). The van der Waals surface area contributed by atoms with Crippen LogP contribution in [0.15, 0.2) is 48.5 Å². The third-order valence-corrected chi connectivity index (χ3v) is 4.10. The number of likely N-dealkylation sites (N-methyl/N-ethyl adjacent to an activating group) is 1. The van der Waals surface area contributed by atoms with Gasteiger partial charge < -0.3 is 14.8 Å². The van der Waals surface area contributed by atoms with Crippen molar-refractivity contribution in [2.75, 3.05) is 39.2 Å². The largest absolute Gasteiger partial charge is 0.497 e. The van der Waals surface area contributed by atoms with E-state index >= 15 is 0 Å². The lowest BCUT2D eigenvalue weighted by atomic mass is 10.1. The summed E-state index contributed by atoms with van der Waals surface area (Å²) >= 11 is 0. The van der Waals surface area contributed by atoms with E-state index in [0.29, 0.717) is 13.2 Å². The van der Waals surface area contributed by atoms with Gasteiger partial charge in [-0.25, -0.2) is 0 Å². The number of amides is 1. The molecule has 0 spiro atoms. The number of carbonyl (C=O) groups excluding carboxylic acids is 1. The van der Waals surface area contributed by atoms with Gasteiger partial charge in [-0.15, -0.1) is 0 Å². The average Bonchev–Trinajstić information content (AvgIpc) is 2.66. The maximum Gasteiger partial charge on any atom is 0.238 e. The fourth-order valence-corrected chi connectivity index (χ4v) is 2.66. The van der Waals surface area contributed by atoms with Crippen molar-refractivity contribution in [1.82, 2.24) is 4.90 Å². The van der Waals surface area contributed by atoms with Crippen LogP contribution in [0.3, 0.4) is 0 Å². The van der Waals surface area contributed by atoms with Crippen molar-refractivity contribution < 1.29 is 14.3 Å². The normalized spacial score (nSPS) is 10.6. The minimum Gasteiger partial charge on any atom is -0.497 e. The number of aryl methyl sites for hydroxylation is 1. The minimum absolute atomic E-state index is 0.00414. The number of rotatable bonds is 10. The first-order valence-electron chi connectivity index (χ1n) is 8.95. The summed E-state index contributed by atoms with van der Waals surface area (Å²) in [6, 6.07) is 15.4. The topological polar surface area (TPSA) is 50.8 Å². The Morgan fingerprint density at radius 1 is 1.08 bits per heavy atom. The molecule has 0 aliphatic heterocycles. The molecule has 1 amide bonds. The zero-order valence-electron chi connectivity index (χ0n) is 15.8. The summed E-state index contributed by atoms with van der Waals surface area (Å²) in [5, 5.41) is 3.00. The second kappa shape index (κ2) is 10.5. The number of nitrogens with zero attached hydrogens (tertiary/aromatic N) is 1. The Morgan fingerprint density at radius 2 is 1.77 bits per heavy atom. The zero-order chi connectivity index (χ0) is 18.8. The van der Waals surface area contributed by atoms with Gasteiger partial charge in [-0.2, -0.15) is 0 Å². The van der Waals surface area contributed by atoms with Gasteiger partial charge in [0.2, 0.25) is 5.91 Å². The van der Waals surface area contributed by atoms with Gasteiger partial charge in [0.25, 0.3) is 0 Å². The third-order valence-electron chi connectivity index (χ3n) is 4.10. The highest BCUT2D eigenvalue weighted by atomic mass is 16.5. The first-order chi connectivity index (χ1) is 12.6. The molecule has 0 unspecified atom stereocenters. The molecule has 0 saturated carbocycles. The number of methoxy groups -OCH3 is 1. The van der Waals surface area contributed by atoms with Gasteiger partial charge in [0.05, 0.1) is 20.3 Å². The number of hydrogen-bond acceptors (Lipinski definition) is 4. The first-order valence-corrected chi connectivity index (χ1v) is 8.95. The number of benzene rings is 2. The van der Waals surface area contributed by atoms with Crippen LogP contribution in [0.2, 0.25) is 0 Å². The Kier molecular flexibility index (Phi) is 7.96. The lowest BCUT2D eigenvalue weighted by Gasteiger charge is -2.17. The molecule has 0 aliphatic rings. The summed E-state index contributed by atoms with van der Waals surface area (Å²) in [6.07, 6.45) is 1.75. The minimum atomic E-state index is 0.00414. The molecule has 0 fully saturated rings. The summed E-state index contributed by atoms with van der Waals surface area (Å²) in [5.41, 5.74) is 2.05. The van der Waals surface area contributed by atoms with Gasteiger partial charge in [-0.1, -0.05) is 25.1 Å². The van der Waals surface area contributed by atoms with E-state index in [-0.39, 0.29) is 5.91 Å². The molecule has 2 aromatic rings. The summed E-state index contributed by atoms with van der Waals surface area (Å²) in [4.78, 5) is 14.2. The molecule has 2 rings (SSSR count). The van der Waals surface area contributed by atoms with Gasteiger partial charge >= 0.3 is 0 Å². The van der Waals surface area contributed by atoms with Crippen LogP contribution in [0.5, 0.6) is 11.5 Å². The molecule has 0 atom stereocenters. The molecule has 0 heterocycles. The van der Waals surface area contributed by atoms with Crippen molar-refractivity contribution in [3.05, 3.63) is 54.1 Å². The maximum atomic E-state index is 12.2. The lowest BCUT2D eigenvalue weighted by Crippen LogP contribution is -2.31. The van der Waals surface area contributed by atoms with Crippen molar-refractivity contribution in [2.24, 2.45) is 0 Å². The molecule has 140 valence electrons. The van der Waals surface area contributed by atoms with Crippen LogP contribution in [0.4, 0.5) is 5.69 Å². The van der Waals surface area contributed by atoms with E-state index in [1.54, 1.807) is 7.11 Å². The highest BCUT2D eigenvalue weighted by molar-refractivity contribution is 5.92. The Balaban J connectivity index is 1.67. The van der Waals surface area contributed by atoms with Crippen LogP contribution in [-0.2, 0) is 11.2 Å². The molecule has 0 aliphatic carbocycles. The smallest absolute Gasteiger partial charge is 0.238 e. The van der Waals surface area contributed by atoms with E-state index in [4.69, 9.17) is 9.47 Å². The van der Waals surface area contributed by atoms with Crippen LogP contribution >= 0.6 is 0 Å². The van der Waals surface area contributed by atoms with Crippen LogP contribution in [0.25, 0.3) is 0 Å². The van der Waals surface area contributed by atoms with E-state index in [9.17, 15) is 4.79 Å². The van der Waals surface area contributed by atoms with E-state index < -0.39 is 0 Å². The molecular weight excluding hydrogens is 328 g/mol. The van der Waals surface area contributed by atoms with E-state index in [0.717, 1.165) is 42.1 Å². The molecule has 0 saturated heterocycles. The van der Waals surface area contributed by atoms with Crippen molar-refractivity contribution in [2.45, 2.75) is 19.8 Å². The monoisotopic (exact) mass is 356 g/mol. The predicted octanol–water partition coefficient (Wildman–Crippen LogP) is 3.60. The van der Waals surface area contributed by atoms with Crippen molar-refractivity contribution in [1.29, 1.82) is 0 Å². The number of nitrogens with one attached hydrogen (secondary N) is 1. The Hall–Kier alpha value is -2.53. The van der Waals surface area contributed by atoms with Crippen molar-refractivity contribution in [3.8, 4) is 11.5 Å². The Labute approximate surface area is 155 Å². The average molecular weight is 356 g/mol. The predicted molar refractivity (Wildman–Crippen MR) is 105 cm³/mol. The first kappa shape index (κ1) is 19.8. The maximum absolute atomic E-state index is 12.2. The molecule has 0 aromatic heterocycles. The fraction of sp³-hybridized carbons (Fsp3) is 0.381. The van der Waals surface area contributed by atoms with Crippen molar-refractivity contribution >= 4 is 11.6 Å². The van der Waals surface area contributed by atoms with Crippen LogP contribution in [-0.4, -0.2) is 44.7 Å². The van der Waals surface area contributed by atoms with Gasteiger partial charge in [0.15, 0.2) is 0 Å². The van der Waals surface area contributed by atoms with E-state index in [1.165, 1.54) is 0 Å². The van der Waals surface area contributed by atoms with E-state index in [1.807, 2.05) is 60.5 Å². The lowest BCUT2D eigenvalue weighted by molar-refractivity contribution is -0.117. The van der Waals surface area contributed by atoms with Crippen LogP contribution < -0.4 is 14.8 Å². The van der Waals surface area contributed by atoms with Gasteiger partial charge in [-0.3, -0.25) is 9.69 Å². The fourth-order valence-electron chi connectivity index (χ4n) is 2.66. The summed E-state index contributed by atoms with van der Waals surface area (Å²) in [6.45, 7) is 3.84. The number of hydrogen-bond donors (Lipinski definition) is 1. The second-order valence-corrected chi connectivity index (χ2v) is 6.17. The highest BCUT2D eigenvalue weighted by Crippen LogP contribution is 2.17.